The van der Waals surface area contributed by atoms with Crippen molar-refractivity contribution in [1.29, 1.82) is 0 Å². The molecule has 0 aromatic rings. The zero-order valence-corrected chi connectivity index (χ0v) is 12.0. The summed E-state index contributed by atoms with van der Waals surface area (Å²) in [7, 11) is 0. The summed E-state index contributed by atoms with van der Waals surface area (Å²) in [5, 5.41) is 8.79. The molecule has 5 nitrogen and oxygen atoms in total. The highest BCUT2D eigenvalue weighted by atomic mass is 16.5. The number of hydrogen-bond acceptors (Lipinski definition) is 4. The van der Waals surface area contributed by atoms with Gasteiger partial charge in [0.15, 0.2) is 0 Å². The SMILES string of the molecule is C=CCOC(=O)C[C@H]1CC[C@H](C)[C@@H](/C(C)=C/C(=O)O)O1. The van der Waals surface area contributed by atoms with Gasteiger partial charge < -0.3 is 14.6 Å². The van der Waals surface area contributed by atoms with E-state index in [1.54, 1.807) is 6.92 Å². The summed E-state index contributed by atoms with van der Waals surface area (Å²) < 4.78 is 10.8. The minimum atomic E-state index is -0.981. The molecule has 20 heavy (non-hydrogen) atoms. The van der Waals surface area contributed by atoms with E-state index in [0.717, 1.165) is 12.8 Å². The van der Waals surface area contributed by atoms with Gasteiger partial charge in [-0.05, 0) is 31.3 Å². The molecule has 0 amide bonds. The topological polar surface area (TPSA) is 72.8 Å². The fourth-order valence-corrected chi connectivity index (χ4v) is 2.39. The molecule has 1 rings (SSSR count). The Hall–Kier alpha value is -1.62. The van der Waals surface area contributed by atoms with Crippen molar-refractivity contribution in [2.24, 2.45) is 5.92 Å². The van der Waals surface area contributed by atoms with Crippen molar-refractivity contribution in [2.45, 2.75) is 45.3 Å². The third-order valence-corrected chi connectivity index (χ3v) is 3.36. The maximum absolute atomic E-state index is 11.5. The predicted octanol–water partition coefficient (Wildman–Crippen LogP) is 2.32. The van der Waals surface area contributed by atoms with E-state index in [4.69, 9.17) is 14.6 Å². The van der Waals surface area contributed by atoms with Gasteiger partial charge in [-0.3, -0.25) is 4.79 Å². The van der Waals surface area contributed by atoms with Gasteiger partial charge >= 0.3 is 11.9 Å². The average molecular weight is 282 g/mol. The number of aliphatic carboxylic acids is 1. The molecule has 112 valence electrons. The summed E-state index contributed by atoms with van der Waals surface area (Å²) in [6.45, 7) is 7.45. The first-order valence-corrected chi connectivity index (χ1v) is 6.77. The maximum Gasteiger partial charge on any atom is 0.328 e. The van der Waals surface area contributed by atoms with Crippen molar-refractivity contribution in [1.82, 2.24) is 0 Å². The number of hydrogen-bond donors (Lipinski definition) is 1. The molecule has 1 N–H and O–H groups in total. The van der Waals surface area contributed by atoms with E-state index in [2.05, 4.69) is 6.58 Å². The molecule has 1 saturated heterocycles. The van der Waals surface area contributed by atoms with Gasteiger partial charge in [-0.2, -0.15) is 0 Å². The van der Waals surface area contributed by atoms with Crippen LogP contribution in [0, 0.1) is 5.92 Å². The van der Waals surface area contributed by atoms with Crippen molar-refractivity contribution in [2.75, 3.05) is 6.61 Å². The third kappa shape index (κ3) is 5.17. The Bertz CT molecular complexity index is 399. The van der Waals surface area contributed by atoms with Crippen molar-refractivity contribution in [3.05, 3.63) is 24.3 Å². The second-order valence-electron chi connectivity index (χ2n) is 5.14. The standard InChI is InChI=1S/C15H22O5/c1-4-7-19-14(18)9-12-6-5-10(2)15(20-12)11(3)8-13(16)17/h4,8,10,12,15H,1,5-7,9H2,2-3H3,(H,16,17)/b11-8+/t10-,12+,15-/m0/s1. The first-order chi connectivity index (χ1) is 9.43. The van der Waals surface area contributed by atoms with E-state index in [-0.39, 0.29) is 37.1 Å². The van der Waals surface area contributed by atoms with Gasteiger partial charge in [-0.25, -0.2) is 4.79 Å². The number of carboxylic acids is 1. The van der Waals surface area contributed by atoms with Gasteiger partial charge in [-0.1, -0.05) is 19.6 Å². The van der Waals surface area contributed by atoms with Crippen LogP contribution in [0.25, 0.3) is 0 Å². The third-order valence-electron chi connectivity index (χ3n) is 3.36. The summed E-state index contributed by atoms with van der Waals surface area (Å²) in [6.07, 6.45) is 4.08. The van der Waals surface area contributed by atoms with Crippen LogP contribution in [0.2, 0.25) is 0 Å². The Morgan fingerprint density at radius 3 is 2.75 bits per heavy atom. The molecule has 1 aliphatic rings. The zero-order chi connectivity index (χ0) is 15.1. The summed E-state index contributed by atoms with van der Waals surface area (Å²) in [6, 6.07) is 0. The normalized spacial score (nSPS) is 26.9. The summed E-state index contributed by atoms with van der Waals surface area (Å²) in [4.78, 5) is 22.3. The van der Waals surface area contributed by atoms with Crippen LogP contribution in [0.15, 0.2) is 24.3 Å². The predicted molar refractivity (Wildman–Crippen MR) is 74.2 cm³/mol. The van der Waals surface area contributed by atoms with Crippen LogP contribution in [-0.2, 0) is 19.1 Å². The molecule has 1 heterocycles. The molecule has 0 aromatic heterocycles. The fraction of sp³-hybridized carbons (Fsp3) is 0.600. The second-order valence-corrected chi connectivity index (χ2v) is 5.14. The monoisotopic (exact) mass is 282 g/mol. The minimum Gasteiger partial charge on any atom is -0.478 e. The van der Waals surface area contributed by atoms with Crippen LogP contribution in [0.4, 0.5) is 0 Å². The van der Waals surface area contributed by atoms with Crippen LogP contribution in [0.1, 0.15) is 33.1 Å². The first kappa shape index (κ1) is 16.4. The molecule has 0 aromatic carbocycles. The van der Waals surface area contributed by atoms with Crippen molar-refractivity contribution >= 4 is 11.9 Å². The van der Waals surface area contributed by atoms with E-state index in [1.165, 1.54) is 12.2 Å². The van der Waals surface area contributed by atoms with Crippen molar-refractivity contribution in [3.63, 3.8) is 0 Å². The van der Waals surface area contributed by atoms with E-state index >= 15 is 0 Å². The number of carbonyl (C=O) groups is 2. The Morgan fingerprint density at radius 2 is 2.15 bits per heavy atom. The van der Waals surface area contributed by atoms with Gasteiger partial charge in [0.25, 0.3) is 0 Å². The molecule has 1 aliphatic heterocycles. The van der Waals surface area contributed by atoms with Crippen LogP contribution in [-0.4, -0.2) is 35.9 Å². The van der Waals surface area contributed by atoms with Crippen molar-refractivity contribution in [3.8, 4) is 0 Å². The largest absolute Gasteiger partial charge is 0.478 e. The fourth-order valence-electron chi connectivity index (χ4n) is 2.39. The number of esters is 1. The molecule has 3 atom stereocenters. The zero-order valence-electron chi connectivity index (χ0n) is 12.0. The molecule has 0 bridgehead atoms. The maximum atomic E-state index is 11.5. The lowest BCUT2D eigenvalue weighted by Gasteiger charge is -2.35. The van der Waals surface area contributed by atoms with Crippen LogP contribution in [0.5, 0.6) is 0 Å². The summed E-state index contributed by atoms with van der Waals surface area (Å²) >= 11 is 0. The van der Waals surface area contributed by atoms with Gasteiger partial charge in [0.2, 0.25) is 0 Å². The van der Waals surface area contributed by atoms with E-state index in [9.17, 15) is 9.59 Å². The first-order valence-electron chi connectivity index (χ1n) is 6.77. The highest BCUT2D eigenvalue weighted by molar-refractivity contribution is 5.80. The lowest BCUT2D eigenvalue weighted by atomic mass is 9.88. The minimum absolute atomic E-state index is 0.192. The molecule has 0 saturated carbocycles. The quantitative estimate of drug-likeness (QED) is 0.460. The number of carbonyl (C=O) groups excluding carboxylic acids is 1. The Morgan fingerprint density at radius 1 is 1.45 bits per heavy atom. The van der Waals surface area contributed by atoms with Gasteiger partial charge in [0.1, 0.15) is 6.61 Å². The van der Waals surface area contributed by atoms with Crippen LogP contribution in [0.3, 0.4) is 0 Å². The molecule has 0 aliphatic carbocycles. The smallest absolute Gasteiger partial charge is 0.328 e. The van der Waals surface area contributed by atoms with Crippen LogP contribution < -0.4 is 0 Å². The Labute approximate surface area is 119 Å². The summed E-state index contributed by atoms with van der Waals surface area (Å²) in [5.74, 6) is -1.06. The van der Waals surface area contributed by atoms with E-state index in [1.807, 2.05) is 6.92 Å². The van der Waals surface area contributed by atoms with Gasteiger partial charge in [0.05, 0.1) is 18.6 Å². The highest BCUT2D eigenvalue weighted by Gasteiger charge is 2.31. The molecule has 1 fully saturated rings. The van der Waals surface area contributed by atoms with E-state index in [0.29, 0.717) is 5.57 Å². The highest BCUT2D eigenvalue weighted by Crippen LogP contribution is 2.30. The molecule has 5 heteroatoms. The van der Waals surface area contributed by atoms with E-state index < -0.39 is 5.97 Å². The lowest BCUT2D eigenvalue weighted by Crippen LogP contribution is -2.36. The average Bonchev–Trinajstić information content (AvgIpc) is 2.37. The lowest BCUT2D eigenvalue weighted by molar-refractivity contribution is -0.149. The molecule has 0 spiro atoms. The second kappa shape index (κ2) is 7.85. The molecule has 0 radical (unpaired) electrons. The molecule has 0 unspecified atom stereocenters. The molecular formula is C15H22O5. The Balaban J connectivity index is 2.59. The van der Waals surface area contributed by atoms with Gasteiger partial charge in [0, 0.05) is 6.08 Å². The molecular weight excluding hydrogens is 260 g/mol. The number of ether oxygens (including phenoxy) is 2. The van der Waals surface area contributed by atoms with Crippen molar-refractivity contribution < 1.29 is 24.2 Å². The van der Waals surface area contributed by atoms with Crippen LogP contribution >= 0.6 is 0 Å². The summed E-state index contributed by atoms with van der Waals surface area (Å²) in [5.41, 5.74) is 0.675. The number of rotatable bonds is 6. The number of carboxylic acid groups (broad SMARTS) is 1. The van der Waals surface area contributed by atoms with Gasteiger partial charge in [-0.15, -0.1) is 0 Å². The Kier molecular flexibility index (Phi) is 6.45.